The summed E-state index contributed by atoms with van der Waals surface area (Å²) in [5.74, 6) is 0.780. The third-order valence-electron chi connectivity index (χ3n) is 7.08. The molecule has 1 amide bonds. The lowest BCUT2D eigenvalue weighted by Gasteiger charge is -2.50. The van der Waals surface area contributed by atoms with Gasteiger partial charge in [0.25, 0.3) is 5.91 Å². The van der Waals surface area contributed by atoms with Gasteiger partial charge < -0.3 is 24.9 Å². The number of aliphatic hydroxyl groups excluding tert-OH is 2. The van der Waals surface area contributed by atoms with Gasteiger partial charge in [-0.2, -0.15) is 0 Å². The molecule has 0 aliphatic carbocycles. The maximum absolute atomic E-state index is 13.6. The van der Waals surface area contributed by atoms with Gasteiger partial charge in [0.05, 0.1) is 18.3 Å². The molecule has 0 aromatic carbocycles. The number of likely N-dealkylation sites (tertiary alicyclic amines) is 2. The minimum atomic E-state index is -0.350. The van der Waals surface area contributed by atoms with E-state index in [1.807, 2.05) is 17.0 Å². The van der Waals surface area contributed by atoms with Crippen molar-refractivity contribution in [2.45, 2.75) is 25.4 Å². The zero-order valence-corrected chi connectivity index (χ0v) is 18.0. The molecule has 3 aliphatic heterocycles. The van der Waals surface area contributed by atoms with Crippen LogP contribution in [0.4, 0.5) is 5.82 Å². The van der Waals surface area contributed by atoms with Crippen molar-refractivity contribution in [3.05, 3.63) is 23.9 Å². The summed E-state index contributed by atoms with van der Waals surface area (Å²) in [5, 5.41) is 20.0. The smallest absolute Gasteiger partial charge is 0.257 e. The monoisotopic (exact) mass is 417 g/mol. The fraction of sp³-hybridized carbons (Fsp3) is 0.727. The molecule has 30 heavy (non-hydrogen) atoms. The van der Waals surface area contributed by atoms with Gasteiger partial charge in [-0.05, 0) is 38.4 Å². The molecule has 166 valence electrons. The summed E-state index contributed by atoms with van der Waals surface area (Å²) in [5.41, 5.74) is 0.433. The predicted octanol–water partition coefficient (Wildman–Crippen LogP) is 0.115. The standard InChI is InChI=1S/C22H35N5O3/c1-24-9-5-19(29)22(16-24)6-3-8-27(17-22)21(30)18-4-2-7-23-20(18)26-12-10-25(11-13-26)14-15-28/h2,4,7,19,28-29H,3,5-6,8-17H2,1H3/t19-,22-/m0/s1. The molecule has 2 atom stereocenters. The molecule has 1 aromatic rings. The first-order valence-corrected chi connectivity index (χ1v) is 11.2. The maximum Gasteiger partial charge on any atom is 0.257 e. The number of aliphatic hydroxyl groups is 2. The number of aromatic nitrogens is 1. The molecule has 1 aromatic heterocycles. The number of hydrogen-bond donors (Lipinski definition) is 2. The van der Waals surface area contributed by atoms with Gasteiger partial charge in [-0.1, -0.05) is 0 Å². The molecule has 3 fully saturated rings. The van der Waals surface area contributed by atoms with Gasteiger partial charge in [-0.3, -0.25) is 9.69 Å². The lowest BCUT2D eigenvalue weighted by atomic mass is 9.71. The summed E-state index contributed by atoms with van der Waals surface area (Å²) < 4.78 is 0. The van der Waals surface area contributed by atoms with Crippen molar-refractivity contribution >= 4 is 11.7 Å². The molecule has 3 saturated heterocycles. The molecule has 4 heterocycles. The van der Waals surface area contributed by atoms with Gasteiger partial charge in [-0.15, -0.1) is 0 Å². The van der Waals surface area contributed by atoms with E-state index in [2.05, 4.69) is 26.7 Å². The maximum atomic E-state index is 13.6. The zero-order valence-electron chi connectivity index (χ0n) is 18.0. The minimum absolute atomic E-state index is 0.0235. The van der Waals surface area contributed by atoms with Crippen molar-refractivity contribution < 1.29 is 15.0 Å². The van der Waals surface area contributed by atoms with Crippen molar-refractivity contribution in [2.24, 2.45) is 5.41 Å². The number of β-amino-alcohol motifs (C(OH)–C–C–N with tert-alkyl or cyclic N) is 1. The molecule has 0 radical (unpaired) electrons. The Labute approximate surface area is 179 Å². The molecule has 4 rings (SSSR count). The second kappa shape index (κ2) is 9.18. The van der Waals surface area contributed by atoms with Crippen LogP contribution in [0.2, 0.25) is 0 Å². The highest BCUT2D eigenvalue weighted by atomic mass is 16.3. The van der Waals surface area contributed by atoms with E-state index in [1.54, 1.807) is 6.20 Å². The van der Waals surface area contributed by atoms with E-state index in [-0.39, 0.29) is 24.0 Å². The van der Waals surface area contributed by atoms with Crippen LogP contribution < -0.4 is 4.90 Å². The Morgan fingerprint density at radius 2 is 2.00 bits per heavy atom. The number of anilines is 1. The number of carbonyl (C=O) groups excluding carboxylic acids is 1. The Morgan fingerprint density at radius 1 is 1.20 bits per heavy atom. The normalized spacial score (nSPS) is 28.8. The van der Waals surface area contributed by atoms with Crippen LogP contribution in [-0.2, 0) is 0 Å². The summed E-state index contributed by atoms with van der Waals surface area (Å²) in [7, 11) is 2.10. The van der Waals surface area contributed by atoms with Crippen LogP contribution in [0.3, 0.4) is 0 Å². The van der Waals surface area contributed by atoms with Crippen molar-refractivity contribution in [1.29, 1.82) is 0 Å². The van der Waals surface area contributed by atoms with Crippen molar-refractivity contribution in [3.8, 4) is 0 Å². The summed E-state index contributed by atoms with van der Waals surface area (Å²) in [6.45, 7) is 7.25. The second-order valence-corrected chi connectivity index (χ2v) is 9.16. The lowest BCUT2D eigenvalue weighted by Crippen LogP contribution is -2.59. The zero-order chi connectivity index (χ0) is 21.1. The SMILES string of the molecule is CN1CC[C@H](O)[C@@]2(CCCN(C(=O)c3cccnc3N3CCN(CCO)CC3)C2)C1. The average Bonchev–Trinajstić information content (AvgIpc) is 2.77. The third kappa shape index (κ3) is 4.32. The molecule has 8 heteroatoms. The van der Waals surface area contributed by atoms with E-state index < -0.39 is 0 Å². The number of piperidine rings is 2. The first-order chi connectivity index (χ1) is 14.5. The largest absolute Gasteiger partial charge is 0.395 e. The van der Waals surface area contributed by atoms with Crippen LogP contribution in [0.25, 0.3) is 0 Å². The Morgan fingerprint density at radius 3 is 2.77 bits per heavy atom. The highest BCUT2D eigenvalue weighted by Crippen LogP contribution is 2.39. The van der Waals surface area contributed by atoms with Crippen LogP contribution in [0, 0.1) is 5.41 Å². The topological polar surface area (TPSA) is 83.4 Å². The Balaban J connectivity index is 1.50. The van der Waals surface area contributed by atoms with E-state index in [0.29, 0.717) is 18.7 Å². The second-order valence-electron chi connectivity index (χ2n) is 9.16. The predicted molar refractivity (Wildman–Crippen MR) is 116 cm³/mol. The first-order valence-electron chi connectivity index (χ1n) is 11.2. The Bertz CT molecular complexity index is 739. The van der Waals surface area contributed by atoms with Crippen LogP contribution >= 0.6 is 0 Å². The molecule has 0 bridgehead atoms. The van der Waals surface area contributed by atoms with Gasteiger partial charge in [0.2, 0.25) is 0 Å². The summed E-state index contributed by atoms with van der Waals surface area (Å²) >= 11 is 0. The van der Waals surface area contributed by atoms with Gasteiger partial charge >= 0.3 is 0 Å². The van der Waals surface area contributed by atoms with E-state index >= 15 is 0 Å². The molecular weight excluding hydrogens is 382 g/mol. The molecule has 2 N–H and O–H groups in total. The van der Waals surface area contributed by atoms with E-state index in [0.717, 1.165) is 70.9 Å². The number of piperazine rings is 1. The number of rotatable bonds is 4. The number of carbonyl (C=O) groups is 1. The van der Waals surface area contributed by atoms with E-state index in [1.165, 1.54) is 0 Å². The van der Waals surface area contributed by atoms with Gasteiger partial charge in [0.15, 0.2) is 0 Å². The van der Waals surface area contributed by atoms with E-state index in [4.69, 9.17) is 5.11 Å². The average molecular weight is 418 g/mol. The molecule has 0 unspecified atom stereocenters. The fourth-order valence-electron chi connectivity index (χ4n) is 5.42. The first kappa shape index (κ1) is 21.5. The third-order valence-corrected chi connectivity index (χ3v) is 7.08. The Hall–Kier alpha value is -1.74. The number of hydrogen-bond acceptors (Lipinski definition) is 7. The van der Waals surface area contributed by atoms with Gasteiger partial charge in [0.1, 0.15) is 5.82 Å². The van der Waals surface area contributed by atoms with Crippen LogP contribution in [0.15, 0.2) is 18.3 Å². The molecular formula is C22H35N5O3. The van der Waals surface area contributed by atoms with Crippen molar-refractivity contribution in [2.75, 3.05) is 77.5 Å². The quantitative estimate of drug-likeness (QED) is 0.720. The highest BCUT2D eigenvalue weighted by molar-refractivity contribution is 5.99. The number of pyridine rings is 1. The van der Waals surface area contributed by atoms with Crippen LogP contribution in [0.5, 0.6) is 0 Å². The van der Waals surface area contributed by atoms with Crippen LogP contribution in [-0.4, -0.2) is 114 Å². The van der Waals surface area contributed by atoms with Gasteiger partial charge in [0, 0.05) is 70.5 Å². The summed E-state index contributed by atoms with van der Waals surface area (Å²) in [6, 6.07) is 3.72. The van der Waals surface area contributed by atoms with Crippen molar-refractivity contribution in [1.82, 2.24) is 19.7 Å². The van der Waals surface area contributed by atoms with Gasteiger partial charge in [-0.25, -0.2) is 4.98 Å². The number of nitrogens with zero attached hydrogens (tertiary/aromatic N) is 5. The van der Waals surface area contributed by atoms with Crippen molar-refractivity contribution in [3.63, 3.8) is 0 Å². The summed E-state index contributed by atoms with van der Waals surface area (Å²) in [4.78, 5) is 26.8. The van der Waals surface area contributed by atoms with E-state index in [9.17, 15) is 9.90 Å². The molecule has 0 saturated carbocycles. The fourth-order valence-corrected chi connectivity index (χ4v) is 5.42. The molecule has 1 spiro atoms. The minimum Gasteiger partial charge on any atom is -0.395 e. The number of amides is 1. The molecule has 3 aliphatic rings. The Kier molecular flexibility index (Phi) is 6.57. The molecule has 8 nitrogen and oxygen atoms in total. The highest BCUT2D eigenvalue weighted by Gasteiger charge is 2.46. The summed E-state index contributed by atoms with van der Waals surface area (Å²) in [6.07, 6.45) is 4.07. The lowest BCUT2D eigenvalue weighted by molar-refractivity contribution is -0.0731. The van der Waals surface area contributed by atoms with Crippen LogP contribution in [0.1, 0.15) is 29.6 Å².